The van der Waals surface area contributed by atoms with E-state index in [1.54, 1.807) is 0 Å². The van der Waals surface area contributed by atoms with Crippen molar-refractivity contribution in [1.82, 2.24) is 0 Å². The van der Waals surface area contributed by atoms with Crippen molar-refractivity contribution in [1.29, 1.82) is 0 Å². The van der Waals surface area contributed by atoms with Crippen molar-refractivity contribution in [3.63, 3.8) is 0 Å². The highest BCUT2D eigenvalue weighted by Crippen LogP contribution is 2.34. The van der Waals surface area contributed by atoms with Gasteiger partial charge < -0.3 is 5.11 Å². The number of hydrogen-bond donors (Lipinski definition) is 1. The Hall–Kier alpha value is -1.07. The lowest BCUT2D eigenvalue weighted by molar-refractivity contribution is -0.427. The zero-order valence-corrected chi connectivity index (χ0v) is 8.20. The topological polar surface area (TPSA) is 80.4 Å². The standard InChI is InChI=1S/C7H5Cl2NO4/c8-5-4(10(13)14)2-1-3-7(5,9)6(11)12/h1-3,5H,(H,11,12). The van der Waals surface area contributed by atoms with Crippen LogP contribution < -0.4 is 0 Å². The molecule has 7 heteroatoms. The summed E-state index contributed by atoms with van der Waals surface area (Å²) in [5.41, 5.74) is -0.424. The van der Waals surface area contributed by atoms with Crippen molar-refractivity contribution in [2.24, 2.45) is 0 Å². The number of carboxylic acid groups (broad SMARTS) is 1. The summed E-state index contributed by atoms with van der Waals surface area (Å²) < 4.78 is 0. The molecule has 14 heavy (non-hydrogen) atoms. The molecular weight excluding hydrogens is 233 g/mol. The van der Waals surface area contributed by atoms with E-state index < -0.39 is 26.8 Å². The van der Waals surface area contributed by atoms with Gasteiger partial charge in [0, 0.05) is 6.08 Å². The van der Waals surface area contributed by atoms with Gasteiger partial charge in [0.15, 0.2) is 10.3 Å². The fourth-order valence-electron chi connectivity index (χ4n) is 1.00. The van der Waals surface area contributed by atoms with Gasteiger partial charge in [0.1, 0.15) is 0 Å². The Balaban J connectivity index is 3.11. The summed E-state index contributed by atoms with van der Waals surface area (Å²) in [4.78, 5) is 18.5. The van der Waals surface area contributed by atoms with E-state index in [9.17, 15) is 14.9 Å². The first-order valence-electron chi connectivity index (χ1n) is 3.50. The molecule has 0 heterocycles. The Morgan fingerprint density at radius 3 is 2.71 bits per heavy atom. The smallest absolute Gasteiger partial charge is 0.330 e. The highest BCUT2D eigenvalue weighted by molar-refractivity contribution is 6.42. The maximum Gasteiger partial charge on any atom is 0.330 e. The molecule has 0 saturated carbocycles. The molecule has 1 aliphatic carbocycles. The minimum absolute atomic E-state index is 0.424. The van der Waals surface area contributed by atoms with Crippen LogP contribution in [-0.4, -0.2) is 26.3 Å². The lowest BCUT2D eigenvalue weighted by atomic mass is 9.97. The molecule has 76 valence electrons. The van der Waals surface area contributed by atoms with Crippen molar-refractivity contribution in [2.45, 2.75) is 10.3 Å². The van der Waals surface area contributed by atoms with E-state index in [1.807, 2.05) is 0 Å². The third-order valence-corrected chi connectivity index (χ3v) is 2.96. The molecule has 0 bridgehead atoms. The average Bonchev–Trinajstić information content (AvgIpc) is 2.09. The van der Waals surface area contributed by atoms with Crippen LogP contribution in [0.5, 0.6) is 0 Å². The summed E-state index contributed by atoms with van der Waals surface area (Å²) in [5.74, 6) is -1.41. The molecule has 2 unspecified atom stereocenters. The molecule has 0 spiro atoms. The maximum absolute atomic E-state index is 10.7. The highest BCUT2D eigenvalue weighted by atomic mass is 35.5. The number of allylic oxidation sites excluding steroid dienone is 3. The second-order valence-corrected chi connectivity index (χ2v) is 3.71. The van der Waals surface area contributed by atoms with Crippen LogP contribution in [0.3, 0.4) is 0 Å². The molecule has 2 atom stereocenters. The van der Waals surface area contributed by atoms with Crippen molar-refractivity contribution < 1.29 is 14.8 Å². The van der Waals surface area contributed by atoms with E-state index in [-0.39, 0.29) is 0 Å². The van der Waals surface area contributed by atoms with Crippen LogP contribution in [0.2, 0.25) is 0 Å². The van der Waals surface area contributed by atoms with Crippen molar-refractivity contribution in [3.8, 4) is 0 Å². The second kappa shape index (κ2) is 3.59. The van der Waals surface area contributed by atoms with Crippen LogP contribution in [0.15, 0.2) is 23.9 Å². The summed E-state index contributed by atoms with van der Waals surface area (Å²) >= 11 is 11.2. The lowest BCUT2D eigenvalue weighted by Crippen LogP contribution is -2.43. The molecule has 0 aromatic rings. The van der Waals surface area contributed by atoms with Crippen LogP contribution in [0.1, 0.15) is 0 Å². The fourth-order valence-corrected chi connectivity index (χ4v) is 1.51. The molecular formula is C7H5Cl2NO4. The largest absolute Gasteiger partial charge is 0.480 e. The first-order chi connectivity index (χ1) is 6.39. The zero-order chi connectivity index (χ0) is 10.9. The summed E-state index contributed by atoms with van der Waals surface area (Å²) in [6.45, 7) is 0. The molecule has 1 aliphatic rings. The summed E-state index contributed by atoms with van der Waals surface area (Å²) in [5, 5.41) is 17.8. The van der Waals surface area contributed by atoms with Crippen molar-refractivity contribution in [3.05, 3.63) is 34.0 Å². The SMILES string of the molecule is O=C(O)C1(Cl)C=CC=C([N+](=O)[O-])C1Cl. The minimum atomic E-state index is -1.95. The lowest BCUT2D eigenvalue weighted by Gasteiger charge is -2.23. The normalized spacial score (nSPS) is 31.0. The third-order valence-electron chi connectivity index (χ3n) is 1.77. The van der Waals surface area contributed by atoms with E-state index in [4.69, 9.17) is 28.3 Å². The Morgan fingerprint density at radius 1 is 1.71 bits per heavy atom. The first-order valence-corrected chi connectivity index (χ1v) is 4.31. The second-order valence-electron chi connectivity index (χ2n) is 2.64. The van der Waals surface area contributed by atoms with Gasteiger partial charge >= 0.3 is 5.97 Å². The molecule has 0 fully saturated rings. The molecule has 0 amide bonds. The number of aliphatic carboxylic acids is 1. The number of rotatable bonds is 2. The predicted octanol–water partition coefficient (Wildman–Crippen LogP) is 1.39. The van der Waals surface area contributed by atoms with Gasteiger partial charge in [-0.3, -0.25) is 10.1 Å². The number of hydrogen-bond acceptors (Lipinski definition) is 3. The number of carboxylic acids is 1. The first kappa shape index (κ1) is 11.0. The van der Waals surface area contributed by atoms with Gasteiger partial charge in [-0.05, 0) is 0 Å². The van der Waals surface area contributed by atoms with E-state index in [0.29, 0.717) is 0 Å². The molecule has 1 rings (SSSR count). The van der Waals surface area contributed by atoms with Crippen LogP contribution >= 0.6 is 23.2 Å². The number of halogens is 2. The van der Waals surface area contributed by atoms with Crippen LogP contribution in [0.25, 0.3) is 0 Å². The molecule has 5 nitrogen and oxygen atoms in total. The van der Waals surface area contributed by atoms with Gasteiger partial charge in [-0.2, -0.15) is 0 Å². The summed E-state index contributed by atoms with van der Waals surface area (Å²) in [7, 11) is 0. The van der Waals surface area contributed by atoms with E-state index in [2.05, 4.69) is 0 Å². The number of nitro groups is 1. The van der Waals surface area contributed by atoms with Crippen molar-refractivity contribution >= 4 is 29.2 Å². The monoisotopic (exact) mass is 237 g/mol. The fraction of sp³-hybridized carbons (Fsp3) is 0.286. The molecule has 0 radical (unpaired) electrons. The molecule has 1 N–H and O–H groups in total. The number of nitrogens with zero attached hydrogens (tertiary/aromatic N) is 1. The van der Waals surface area contributed by atoms with E-state index in [0.717, 1.165) is 12.2 Å². The maximum atomic E-state index is 10.7. The van der Waals surface area contributed by atoms with Gasteiger partial charge in [0.2, 0.25) is 0 Å². The summed E-state index contributed by atoms with van der Waals surface area (Å²) in [6, 6.07) is 0. The highest BCUT2D eigenvalue weighted by Gasteiger charge is 2.49. The molecule has 0 aromatic carbocycles. The molecule has 0 aliphatic heterocycles. The minimum Gasteiger partial charge on any atom is -0.480 e. The quantitative estimate of drug-likeness (QED) is 0.447. The number of carbonyl (C=O) groups is 1. The zero-order valence-electron chi connectivity index (χ0n) is 6.68. The van der Waals surface area contributed by atoms with Crippen LogP contribution in [-0.2, 0) is 4.79 Å². The van der Waals surface area contributed by atoms with Gasteiger partial charge in [-0.1, -0.05) is 23.8 Å². The molecule has 0 aromatic heterocycles. The van der Waals surface area contributed by atoms with E-state index >= 15 is 0 Å². The Bertz CT molecular complexity index is 352. The van der Waals surface area contributed by atoms with Gasteiger partial charge in [-0.15, -0.1) is 11.6 Å². The van der Waals surface area contributed by atoms with E-state index in [1.165, 1.54) is 6.08 Å². The van der Waals surface area contributed by atoms with Gasteiger partial charge in [0.05, 0.1) is 4.92 Å². The van der Waals surface area contributed by atoms with Crippen molar-refractivity contribution in [2.75, 3.05) is 0 Å². The van der Waals surface area contributed by atoms with Gasteiger partial charge in [0.25, 0.3) is 5.70 Å². The van der Waals surface area contributed by atoms with Gasteiger partial charge in [-0.25, -0.2) is 4.79 Å². The predicted molar refractivity (Wildman–Crippen MR) is 50.1 cm³/mol. The molecule has 0 saturated heterocycles. The third kappa shape index (κ3) is 1.60. The number of alkyl halides is 2. The Kier molecular flexibility index (Phi) is 2.82. The average molecular weight is 238 g/mol. The Labute approximate surface area is 88.8 Å². The summed E-state index contributed by atoms with van der Waals surface area (Å²) in [6.07, 6.45) is 3.45. The van der Waals surface area contributed by atoms with Crippen LogP contribution in [0, 0.1) is 10.1 Å². The van der Waals surface area contributed by atoms with Crippen LogP contribution in [0.4, 0.5) is 0 Å². The Morgan fingerprint density at radius 2 is 2.29 bits per heavy atom.